The predicted molar refractivity (Wildman–Crippen MR) is 61.5 cm³/mol. The second kappa shape index (κ2) is 4.61. The fourth-order valence-corrected chi connectivity index (χ4v) is 1.35. The van der Waals surface area contributed by atoms with E-state index < -0.39 is 0 Å². The summed E-state index contributed by atoms with van der Waals surface area (Å²) >= 11 is 3.07. The number of nitrogens with one attached hydrogen (secondary N) is 1. The Morgan fingerprint density at radius 2 is 2.07 bits per heavy atom. The van der Waals surface area contributed by atoms with Crippen LogP contribution in [0.4, 0.5) is 14.9 Å². The van der Waals surface area contributed by atoms with Crippen LogP contribution in [0.15, 0.2) is 16.6 Å². The summed E-state index contributed by atoms with van der Waals surface area (Å²) in [5.74, 6) is -0.338. The number of carbonyl (C=O) groups is 1. The van der Waals surface area contributed by atoms with Crippen molar-refractivity contribution in [3.05, 3.63) is 28.0 Å². The molecular weight excluding hydrogens is 263 g/mol. The zero-order valence-electron chi connectivity index (χ0n) is 8.77. The van der Waals surface area contributed by atoms with E-state index >= 15 is 0 Å². The molecule has 0 saturated carbocycles. The number of halogens is 2. The Morgan fingerprint density at radius 3 is 2.60 bits per heavy atom. The van der Waals surface area contributed by atoms with Crippen molar-refractivity contribution in [1.29, 1.82) is 0 Å². The zero-order chi connectivity index (χ0) is 11.6. The molecule has 0 aromatic heterocycles. The predicted octanol–water partition coefficient (Wildman–Crippen LogP) is 2.99. The summed E-state index contributed by atoms with van der Waals surface area (Å²) in [5.41, 5.74) is 1.29. The first-order valence-electron chi connectivity index (χ1n) is 4.35. The van der Waals surface area contributed by atoms with Crippen LogP contribution in [-0.4, -0.2) is 25.0 Å². The zero-order valence-corrected chi connectivity index (χ0v) is 10.4. The Kier molecular flexibility index (Phi) is 3.68. The van der Waals surface area contributed by atoms with Crippen molar-refractivity contribution in [2.24, 2.45) is 0 Å². The summed E-state index contributed by atoms with van der Waals surface area (Å²) in [6.45, 7) is 1.74. The molecule has 82 valence electrons. The average molecular weight is 275 g/mol. The summed E-state index contributed by atoms with van der Waals surface area (Å²) in [5, 5.41) is 2.67. The van der Waals surface area contributed by atoms with Gasteiger partial charge in [0.1, 0.15) is 5.82 Å². The molecule has 3 nitrogen and oxygen atoms in total. The second-order valence-electron chi connectivity index (χ2n) is 3.41. The highest BCUT2D eigenvalue weighted by Gasteiger charge is 2.09. The van der Waals surface area contributed by atoms with Gasteiger partial charge in [0.2, 0.25) is 0 Å². The van der Waals surface area contributed by atoms with E-state index in [0.717, 1.165) is 0 Å². The van der Waals surface area contributed by atoms with Gasteiger partial charge in [-0.1, -0.05) is 0 Å². The number of benzene rings is 1. The van der Waals surface area contributed by atoms with Gasteiger partial charge in [-0.15, -0.1) is 0 Å². The van der Waals surface area contributed by atoms with Crippen LogP contribution in [0.25, 0.3) is 0 Å². The number of hydrogen-bond donors (Lipinski definition) is 1. The molecule has 0 heterocycles. The molecule has 0 radical (unpaired) electrons. The number of urea groups is 1. The van der Waals surface area contributed by atoms with E-state index in [1.807, 2.05) is 0 Å². The van der Waals surface area contributed by atoms with Crippen LogP contribution in [0.3, 0.4) is 0 Å². The number of nitrogens with zero attached hydrogens (tertiary/aromatic N) is 1. The van der Waals surface area contributed by atoms with E-state index in [1.165, 1.54) is 11.0 Å². The maximum atomic E-state index is 13.1. The Morgan fingerprint density at radius 1 is 1.47 bits per heavy atom. The normalized spacial score (nSPS) is 9.93. The van der Waals surface area contributed by atoms with Crippen molar-refractivity contribution in [2.75, 3.05) is 19.4 Å². The lowest BCUT2D eigenvalue weighted by Crippen LogP contribution is -2.27. The monoisotopic (exact) mass is 274 g/mol. The molecule has 0 fully saturated rings. The van der Waals surface area contributed by atoms with Gasteiger partial charge in [-0.3, -0.25) is 0 Å². The standard InChI is InChI=1S/C10H12BrFN2O/c1-6-4-8(12)7(11)5-9(6)13-10(15)14(2)3/h4-5H,1-3H3,(H,13,15). The molecule has 2 amide bonds. The summed E-state index contributed by atoms with van der Waals surface area (Å²) in [7, 11) is 3.28. The minimum Gasteiger partial charge on any atom is -0.331 e. The Balaban J connectivity index is 2.96. The minimum atomic E-state index is -0.338. The molecule has 1 aromatic carbocycles. The van der Waals surface area contributed by atoms with E-state index in [0.29, 0.717) is 15.7 Å². The first kappa shape index (κ1) is 12.0. The molecule has 0 aliphatic rings. The number of aryl methyl sites for hydroxylation is 1. The smallest absolute Gasteiger partial charge is 0.321 e. The largest absolute Gasteiger partial charge is 0.331 e. The molecule has 0 aliphatic heterocycles. The lowest BCUT2D eigenvalue weighted by Gasteiger charge is -2.14. The highest BCUT2D eigenvalue weighted by Crippen LogP contribution is 2.24. The van der Waals surface area contributed by atoms with Gasteiger partial charge >= 0.3 is 6.03 Å². The maximum absolute atomic E-state index is 13.1. The third-order valence-electron chi connectivity index (χ3n) is 1.92. The van der Waals surface area contributed by atoms with Gasteiger partial charge in [0.05, 0.1) is 4.47 Å². The lowest BCUT2D eigenvalue weighted by atomic mass is 10.2. The van der Waals surface area contributed by atoms with Gasteiger partial charge in [0.15, 0.2) is 0 Å². The fraction of sp³-hybridized carbons (Fsp3) is 0.300. The van der Waals surface area contributed by atoms with Crippen LogP contribution in [0.2, 0.25) is 0 Å². The maximum Gasteiger partial charge on any atom is 0.321 e. The van der Waals surface area contributed by atoms with Crippen molar-refractivity contribution in [1.82, 2.24) is 4.90 Å². The molecule has 1 N–H and O–H groups in total. The van der Waals surface area contributed by atoms with E-state index in [9.17, 15) is 9.18 Å². The highest BCUT2D eigenvalue weighted by atomic mass is 79.9. The molecule has 1 rings (SSSR count). The van der Waals surface area contributed by atoms with Gasteiger partial charge in [0, 0.05) is 19.8 Å². The van der Waals surface area contributed by atoms with Crippen molar-refractivity contribution >= 4 is 27.6 Å². The molecule has 15 heavy (non-hydrogen) atoms. The molecule has 1 aromatic rings. The Hall–Kier alpha value is -1.10. The number of hydrogen-bond acceptors (Lipinski definition) is 1. The molecule has 0 spiro atoms. The molecule has 5 heteroatoms. The number of rotatable bonds is 1. The average Bonchev–Trinajstić information content (AvgIpc) is 2.13. The highest BCUT2D eigenvalue weighted by molar-refractivity contribution is 9.10. The first-order valence-corrected chi connectivity index (χ1v) is 5.15. The number of amides is 2. The molecule has 0 bridgehead atoms. The van der Waals surface area contributed by atoms with E-state index in [-0.39, 0.29) is 11.8 Å². The number of carbonyl (C=O) groups excluding carboxylic acids is 1. The van der Waals surface area contributed by atoms with Gasteiger partial charge in [0.25, 0.3) is 0 Å². The molecule has 0 atom stereocenters. The lowest BCUT2D eigenvalue weighted by molar-refractivity contribution is 0.230. The molecule has 0 unspecified atom stereocenters. The Bertz CT molecular complexity index is 393. The van der Waals surface area contributed by atoms with Crippen molar-refractivity contribution in [3.63, 3.8) is 0 Å². The third kappa shape index (κ3) is 2.92. The first-order chi connectivity index (χ1) is 6.91. The van der Waals surface area contributed by atoms with Crippen molar-refractivity contribution in [3.8, 4) is 0 Å². The van der Waals surface area contributed by atoms with Crippen LogP contribution >= 0.6 is 15.9 Å². The van der Waals surface area contributed by atoms with Crippen LogP contribution < -0.4 is 5.32 Å². The van der Waals surface area contributed by atoms with E-state index in [1.54, 1.807) is 27.1 Å². The third-order valence-corrected chi connectivity index (χ3v) is 2.52. The molecule has 0 saturated heterocycles. The Labute approximate surface area is 96.4 Å². The molecular formula is C10H12BrFN2O. The van der Waals surface area contributed by atoms with Crippen LogP contribution in [0, 0.1) is 12.7 Å². The summed E-state index contributed by atoms with van der Waals surface area (Å²) in [6, 6.07) is 2.68. The van der Waals surface area contributed by atoms with Gasteiger partial charge in [-0.05, 0) is 40.5 Å². The van der Waals surface area contributed by atoms with E-state index in [2.05, 4.69) is 21.2 Å². The summed E-state index contributed by atoms with van der Waals surface area (Å²) in [6.07, 6.45) is 0. The fourth-order valence-electron chi connectivity index (χ4n) is 1.01. The van der Waals surface area contributed by atoms with E-state index in [4.69, 9.17) is 0 Å². The number of anilines is 1. The quantitative estimate of drug-likeness (QED) is 0.839. The van der Waals surface area contributed by atoms with Crippen molar-refractivity contribution < 1.29 is 9.18 Å². The van der Waals surface area contributed by atoms with Gasteiger partial charge in [-0.25, -0.2) is 9.18 Å². The second-order valence-corrected chi connectivity index (χ2v) is 4.26. The van der Waals surface area contributed by atoms with Crippen LogP contribution in [0.1, 0.15) is 5.56 Å². The minimum absolute atomic E-state index is 0.239. The van der Waals surface area contributed by atoms with Gasteiger partial charge in [-0.2, -0.15) is 0 Å². The SMILES string of the molecule is Cc1cc(F)c(Br)cc1NC(=O)N(C)C. The summed E-state index contributed by atoms with van der Waals surface area (Å²) < 4.78 is 13.4. The molecule has 0 aliphatic carbocycles. The van der Waals surface area contributed by atoms with Gasteiger partial charge < -0.3 is 10.2 Å². The van der Waals surface area contributed by atoms with Crippen LogP contribution in [0.5, 0.6) is 0 Å². The van der Waals surface area contributed by atoms with Crippen LogP contribution in [-0.2, 0) is 0 Å². The summed E-state index contributed by atoms with van der Waals surface area (Å²) in [4.78, 5) is 12.8. The topological polar surface area (TPSA) is 32.3 Å². The van der Waals surface area contributed by atoms with Crippen molar-refractivity contribution in [2.45, 2.75) is 6.92 Å².